The first-order valence-electron chi connectivity index (χ1n) is 11.2. The summed E-state index contributed by atoms with van der Waals surface area (Å²) < 4.78 is 0. The van der Waals surface area contributed by atoms with Crippen molar-refractivity contribution in [1.29, 1.82) is 0 Å². The van der Waals surface area contributed by atoms with E-state index in [2.05, 4.69) is 10.3 Å². The number of carbonyl (C=O) groups excluding carboxylic acids is 1. The van der Waals surface area contributed by atoms with Crippen LogP contribution in [0.1, 0.15) is 46.2 Å². The second kappa shape index (κ2) is 11.6. The van der Waals surface area contributed by atoms with Crippen molar-refractivity contribution in [1.82, 2.24) is 15.2 Å². The SMILES string of the molecule is C[C@H](Cc1cccc(C(=O)N(C)CC(O)c2cccc(O)c2)c1)NC[C@@H](O)c1ccc(N)nc1. The van der Waals surface area contributed by atoms with Crippen molar-refractivity contribution in [2.24, 2.45) is 0 Å². The molecule has 1 heterocycles. The van der Waals surface area contributed by atoms with E-state index in [0.29, 0.717) is 35.5 Å². The van der Waals surface area contributed by atoms with E-state index < -0.39 is 12.2 Å². The molecular formula is C26H32N4O4. The molecule has 0 aliphatic rings. The van der Waals surface area contributed by atoms with Crippen molar-refractivity contribution in [3.05, 3.63) is 89.1 Å². The number of aromatic nitrogens is 1. The number of aromatic hydroxyl groups is 1. The first kappa shape index (κ1) is 25.2. The van der Waals surface area contributed by atoms with Crippen molar-refractivity contribution in [3.63, 3.8) is 0 Å². The Bertz CT molecular complexity index is 1090. The van der Waals surface area contributed by atoms with Crippen LogP contribution in [0.5, 0.6) is 5.75 Å². The Morgan fingerprint density at radius 2 is 1.82 bits per heavy atom. The number of nitrogens with zero attached hydrogens (tertiary/aromatic N) is 2. The largest absolute Gasteiger partial charge is 0.508 e. The van der Waals surface area contributed by atoms with Gasteiger partial charge in [0.25, 0.3) is 5.91 Å². The van der Waals surface area contributed by atoms with Crippen LogP contribution in [-0.2, 0) is 6.42 Å². The monoisotopic (exact) mass is 464 g/mol. The third-order valence-corrected chi connectivity index (χ3v) is 5.62. The van der Waals surface area contributed by atoms with Gasteiger partial charge >= 0.3 is 0 Å². The minimum atomic E-state index is -0.906. The van der Waals surface area contributed by atoms with Gasteiger partial charge in [-0.2, -0.15) is 0 Å². The van der Waals surface area contributed by atoms with Crippen LogP contribution in [0.3, 0.4) is 0 Å². The highest BCUT2D eigenvalue weighted by atomic mass is 16.3. The summed E-state index contributed by atoms with van der Waals surface area (Å²) in [6.07, 6.45) is 0.630. The number of nitrogens with two attached hydrogens (primary N) is 1. The summed E-state index contributed by atoms with van der Waals surface area (Å²) in [5.41, 5.74) is 8.34. The molecule has 3 atom stereocenters. The predicted molar refractivity (Wildman–Crippen MR) is 131 cm³/mol. The van der Waals surface area contributed by atoms with Crippen LogP contribution in [-0.4, -0.2) is 57.3 Å². The number of phenols is 1. The maximum absolute atomic E-state index is 12.9. The lowest BCUT2D eigenvalue weighted by atomic mass is 10.0. The molecule has 0 saturated carbocycles. The first-order chi connectivity index (χ1) is 16.2. The summed E-state index contributed by atoms with van der Waals surface area (Å²) >= 11 is 0. The van der Waals surface area contributed by atoms with Crippen LogP contribution in [0.15, 0.2) is 66.9 Å². The second-order valence-electron chi connectivity index (χ2n) is 8.54. The van der Waals surface area contributed by atoms with Crippen LogP contribution in [0.25, 0.3) is 0 Å². The highest BCUT2D eigenvalue weighted by molar-refractivity contribution is 5.94. The molecule has 8 nitrogen and oxygen atoms in total. The van der Waals surface area contributed by atoms with Gasteiger partial charge < -0.3 is 31.3 Å². The zero-order chi connectivity index (χ0) is 24.7. The summed E-state index contributed by atoms with van der Waals surface area (Å²) in [4.78, 5) is 18.4. The molecule has 0 fully saturated rings. The number of carbonyl (C=O) groups is 1. The Labute approximate surface area is 199 Å². The van der Waals surface area contributed by atoms with Crippen LogP contribution >= 0.6 is 0 Å². The van der Waals surface area contributed by atoms with Crippen LogP contribution in [0.4, 0.5) is 5.82 Å². The lowest BCUT2D eigenvalue weighted by Crippen LogP contribution is -2.32. The van der Waals surface area contributed by atoms with Gasteiger partial charge in [-0.1, -0.05) is 30.3 Å². The number of anilines is 1. The highest BCUT2D eigenvalue weighted by Gasteiger charge is 2.18. The quantitative estimate of drug-likeness (QED) is 0.311. The van der Waals surface area contributed by atoms with Gasteiger partial charge in [-0.25, -0.2) is 4.98 Å². The molecule has 2 aromatic carbocycles. The van der Waals surface area contributed by atoms with Gasteiger partial charge in [0.15, 0.2) is 0 Å². The molecule has 34 heavy (non-hydrogen) atoms. The lowest BCUT2D eigenvalue weighted by Gasteiger charge is -2.22. The van der Waals surface area contributed by atoms with E-state index in [0.717, 1.165) is 5.56 Å². The van der Waals surface area contributed by atoms with Crippen LogP contribution in [0.2, 0.25) is 0 Å². The molecule has 180 valence electrons. The number of hydrogen-bond acceptors (Lipinski definition) is 7. The number of pyridine rings is 1. The molecule has 3 aromatic rings. The number of nitrogens with one attached hydrogen (secondary N) is 1. The minimum Gasteiger partial charge on any atom is -0.508 e. The standard InChI is InChI=1S/C26H32N4O4/c1-17(28-15-23(32)21-9-10-25(27)29-14-21)11-18-5-3-7-20(12-18)26(34)30(2)16-24(33)19-6-4-8-22(31)13-19/h3-10,12-14,17,23-24,28,31-33H,11,15-16H2,1-2H3,(H2,27,29)/t17-,23-,24?/m1/s1. The van der Waals surface area contributed by atoms with Gasteiger partial charge in [0.1, 0.15) is 11.6 Å². The fourth-order valence-electron chi connectivity index (χ4n) is 3.70. The number of aliphatic hydroxyl groups is 2. The molecule has 0 saturated heterocycles. The van der Waals surface area contributed by atoms with Gasteiger partial charge in [0, 0.05) is 37.0 Å². The first-order valence-corrected chi connectivity index (χ1v) is 11.2. The van der Waals surface area contributed by atoms with E-state index in [-0.39, 0.29) is 24.2 Å². The van der Waals surface area contributed by atoms with E-state index in [1.54, 1.807) is 43.6 Å². The summed E-state index contributed by atoms with van der Waals surface area (Å²) in [5.74, 6) is 0.276. The smallest absolute Gasteiger partial charge is 0.253 e. The third kappa shape index (κ3) is 7.02. The van der Waals surface area contributed by atoms with Gasteiger partial charge in [-0.05, 0) is 54.8 Å². The molecule has 3 rings (SSSR count). The average molecular weight is 465 g/mol. The maximum Gasteiger partial charge on any atom is 0.253 e. The molecular weight excluding hydrogens is 432 g/mol. The fraction of sp³-hybridized carbons (Fsp3) is 0.308. The van der Waals surface area contributed by atoms with Crippen molar-refractivity contribution >= 4 is 11.7 Å². The number of likely N-dealkylation sites (N-methyl/N-ethyl adjacent to an activating group) is 1. The number of rotatable bonds is 10. The number of hydrogen-bond donors (Lipinski definition) is 5. The Kier molecular flexibility index (Phi) is 8.59. The van der Waals surface area contributed by atoms with Gasteiger partial charge in [0.2, 0.25) is 0 Å². The average Bonchev–Trinajstić information content (AvgIpc) is 2.82. The Hall–Kier alpha value is -3.46. The Balaban J connectivity index is 1.54. The van der Waals surface area contributed by atoms with E-state index in [4.69, 9.17) is 5.73 Å². The van der Waals surface area contributed by atoms with Gasteiger partial charge in [0.05, 0.1) is 18.8 Å². The number of aliphatic hydroxyl groups excluding tert-OH is 2. The molecule has 1 amide bonds. The summed E-state index contributed by atoms with van der Waals surface area (Å²) in [5, 5.41) is 33.7. The minimum absolute atomic E-state index is 0.0621. The molecule has 1 aromatic heterocycles. The van der Waals surface area contributed by atoms with Gasteiger partial charge in [-0.3, -0.25) is 4.79 Å². The lowest BCUT2D eigenvalue weighted by molar-refractivity contribution is 0.0680. The van der Waals surface area contributed by atoms with E-state index in [1.165, 1.54) is 17.0 Å². The van der Waals surface area contributed by atoms with Gasteiger partial charge in [-0.15, -0.1) is 0 Å². The summed E-state index contributed by atoms with van der Waals surface area (Å²) in [6.45, 7) is 2.48. The zero-order valence-corrected chi connectivity index (χ0v) is 19.4. The summed E-state index contributed by atoms with van der Waals surface area (Å²) in [6, 6.07) is 17.2. The number of benzene rings is 2. The van der Waals surface area contributed by atoms with Crippen molar-refractivity contribution in [2.75, 3.05) is 25.9 Å². The van der Waals surface area contributed by atoms with Crippen LogP contribution < -0.4 is 11.1 Å². The molecule has 0 aliphatic heterocycles. The number of amides is 1. The molecule has 0 spiro atoms. The topological polar surface area (TPSA) is 132 Å². The van der Waals surface area contributed by atoms with Crippen molar-refractivity contribution in [2.45, 2.75) is 31.6 Å². The molecule has 6 N–H and O–H groups in total. The molecule has 0 radical (unpaired) electrons. The van der Waals surface area contributed by atoms with Crippen molar-refractivity contribution < 1.29 is 20.1 Å². The molecule has 8 heteroatoms. The summed E-state index contributed by atoms with van der Waals surface area (Å²) in [7, 11) is 1.64. The van der Waals surface area contributed by atoms with E-state index in [9.17, 15) is 20.1 Å². The third-order valence-electron chi connectivity index (χ3n) is 5.62. The number of phenolic OH excluding ortho intramolecular Hbond substituents is 1. The fourth-order valence-corrected chi connectivity index (χ4v) is 3.70. The second-order valence-corrected chi connectivity index (χ2v) is 8.54. The molecule has 0 aliphatic carbocycles. The number of nitrogen functional groups attached to an aromatic ring is 1. The van der Waals surface area contributed by atoms with E-state index >= 15 is 0 Å². The normalized spacial score (nSPS) is 13.8. The van der Waals surface area contributed by atoms with Crippen molar-refractivity contribution in [3.8, 4) is 5.75 Å². The molecule has 0 bridgehead atoms. The zero-order valence-electron chi connectivity index (χ0n) is 19.4. The highest BCUT2D eigenvalue weighted by Crippen LogP contribution is 2.20. The Morgan fingerprint density at radius 1 is 1.06 bits per heavy atom. The van der Waals surface area contributed by atoms with Crippen LogP contribution in [0, 0.1) is 0 Å². The van der Waals surface area contributed by atoms with E-state index in [1.807, 2.05) is 25.1 Å². The Morgan fingerprint density at radius 3 is 2.53 bits per heavy atom. The predicted octanol–water partition coefficient (Wildman–Crippen LogP) is 2.43. The molecule has 1 unspecified atom stereocenters. The maximum atomic E-state index is 12.9.